The first-order valence-electron chi connectivity index (χ1n) is 4.52. The van der Waals surface area contributed by atoms with E-state index in [-0.39, 0.29) is 4.87 Å². The number of rotatable bonds is 3. The molecule has 0 aromatic rings. The van der Waals surface area contributed by atoms with Gasteiger partial charge in [-0.1, -0.05) is 41.5 Å². The zero-order valence-corrected chi connectivity index (χ0v) is 9.37. The van der Waals surface area contributed by atoms with Gasteiger partial charge in [-0.3, -0.25) is 0 Å². The molecule has 0 saturated carbocycles. The van der Waals surface area contributed by atoms with E-state index in [1.807, 2.05) is 0 Å². The summed E-state index contributed by atoms with van der Waals surface area (Å²) in [5.41, 5.74) is 0. The highest BCUT2D eigenvalue weighted by Gasteiger charge is 2.37. The van der Waals surface area contributed by atoms with Crippen molar-refractivity contribution in [1.29, 1.82) is 0 Å². The SMILES string of the molecule is CC(C)C(Cl)(C(C)C)C(C)C. The topological polar surface area (TPSA) is 0 Å². The van der Waals surface area contributed by atoms with E-state index in [0.717, 1.165) is 0 Å². The lowest BCUT2D eigenvalue weighted by atomic mass is 9.76. The summed E-state index contributed by atoms with van der Waals surface area (Å²) in [7, 11) is 0. The van der Waals surface area contributed by atoms with Crippen molar-refractivity contribution in [2.24, 2.45) is 17.8 Å². The molecule has 11 heavy (non-hydrogen) atoms. The second-order valence-corrected chi connectivity index (χ2v) is 4.95. The van der Waals surface area contributed by atoms with Crippen molar-refractivity contribution < 1.29 is 0 Å². The monoisotopic (exact) mass is 176 g/mol. The van der Waals surface area contributed by atoms with E-state index < -0.39 is 0 Å². The van der Waals surface area contributed by atoms with Crippen LogP contribution in [0.3, 0.4) is 0 Å². The van der Waals surface area contributed by atoms with Gasteiger partial charge < -0.3 is 0 Å². The third-order valence-corrected chi connectivity index (χ3v) is 3.96. The molecule has 0 saturated heterocycles. The molecule has 0 heterocycles. The largest absolute Gasteiger partial charge is 0.118 e. The maximum Gasteiger partial charge on any atom is 0.0515 e. The number of alkyl halides is 1. The summed E-state index contributed by atoms with van der Waals surface area (Å²) in [5, 5.41) is 0. The molecule has 0 amide bonds. The molecule has 68 valence electrons. The second-order valence-electron chi connectivity index (χ2n) is 4.29. The summed E-state index contributed by atoms with van der Waals surface area (Å²) in [6.07, 6.45) is 0. The van der Waals surface area contributed by atoms with Crippen LogP contribution in [0, 0.1) is 17.8 Å². The Morgan fingerprint density at radius 1 is 0.727 bits per heavy atom. The highest BCUT2D eigenvalue weighted by Crippen LogP contribution is 2.39. The number of hydrogen-bond donors (Lipinski definition) is 0. The normalized spacial score (nSPS) is 13.6. The minimum atomic E-state index is -0.0278. The zero-order valence-electron chi connectivity index (χ0n) is 8.61. The van der Waals surface area contributed by atoms with Gasteiger partial charge in [0.15, 0.2) is 0 Å². The van der Waals surface area contributed by atoms with Crippen molar-refractivity contribution in [2.75, 3.05) is 0 Å². The van der Waals surface area contributed by atoms with Gasteiger partial charge in [0.1, 0.15) is 0 Å². The van der Waals surface area contributed by atoms with Crippen molar-refractivity contribution in [2.45, 2.75) is 46.4 Å². The molecule has 0 bridgehead atoms. The van der Waals surface area contributed by atoms with Gasteiger partial charge in [-0.05, 0) is 17.8 Å². The molecular formula is C10H21Cl. The van der Waals surface area contributed by atoms with Crippen molar-refractivity contribution in [3.63, 3.8) is 0 Å². The Morgan fingerprint density at radius 2 is 0.909 bits per heavy atom. The first kappa shape index (κ1) is 11.3. The molecule has 0 atom stereocenters. The smallest absolute Gasteiger partial charge is 0.0515 e. The minimum Gasteiger partial charge on any atom is -0.118 e. The van der Waals surface area contributed by atoms with Crippen LogP contribution in [0.5, 0.6) is 0 Å². The molecule has 1 heteroatoms. The fourth-order valence-corrected chi connectivity index (χ4v) is 2.00. The third kappa shape index (κ3) is 2.11. The summed E-state index contributed by atoms with van der Waals surface area (Å²) in [4.78, 5) is -0.0278. The molecule has 0 spiro atoms. The minimum absolute atomic E-state index is 0.0278. The van der Waals surface area contributed by atoms with Crippen LogP contribution in [-0.2, 0) is 0 Å². The van der Waals surface area contributed by atoms with E-state index in [9.17, 15) is 0 Å². The van der Waals surface area contributed by atoms with Crippen LogP contribution in [-0.4, -0.2) is 4.87 Å². The van der Waals surface area contributed by atoms with Gasteiger partial charge >= 0.3 is 0 Å². The van der Waals surface area contributed by atoms with Crippen LogP contribution in [0.1, 0.15) is 41.5 Å². The molecule has 0 unspecified atom stereocenters. The van der Waals surface area contributed by atoms with Crippen molar-refractivity contribution in [3.8, 4) is 0 Å². The van der Waals surface area contributed by atoms with Crippen LogP contribution >= 0.6 is 11.6 Å². The van der Waals surface area contributed by atoms with E-state index in [4.69, 9.17) is 11.6 Å². The van der Waals surface area contributed by atoms with Crippen LogP contribution < -0.4 is 0 Å². The lowest BCUT2D eigenvalue weighted by Gasteiger charge is -2.39. The quantitative estimate of drug-likeness (QED) is 0.572. The Morgan fingerprint density at radius 3 is 0.909 bits per heavy atom. The van der Waals surface area contributed by atoms with E-state index in [2.05, 4.69) is 41.5 Å². The Hall–Kier alpha value is 0.290. The molecule has 0 aliphatic carbocycles. The summed E-state index contributed by atoms with van der Waals surface area (Å²) in [5.74, 6) is 1.64. The van der Waals surface area contributed by atoms with Crippen LogP contribution in [0.4, 0.5) is 0 Å². The Labute approximate surface area is 76.3 Å². The van der Waals surface area contributed by atoms with Gasteiger partial charge in [-0.15, -0.1) is 11.6 Å². The molecule has 0 nitrogen and oxygen atoms in total. The van der Waals surface area contributed by atoms with E-state index in [1.54, 1.807) is 0 Å². The molecule has 0 fully saturated rings. The summed E-state index contributed by atoms with van der Waals surface area (Å²) in [6, 6.07) is 0. The lowest BCUT2D eigenvalue weighted by molar-refractivity contribution is 0.248. The molecule has 0 N–H and O–H groups in total. The van der Waals surface area contributed by atoms with Crippen molar-refractivity contribution >= 4 is 11.6 Å². The van der Waals surface area contributed by atoms with Gasteiger partial charge in [0.25, 0.3) is 0 Å². The molecule has 0 aliphatic heterocycles. The summed E-state index contributed by atoms with van der Waals surface area (Å²) >= 11 is 6.54. The number of halogens is 1. The van der Waals surface area contributed by atoms with Crippen molar-refractivity contribution in [3.05, 3.63) is 0 Å². The molecular weight excluding hydrogens is 156 g/mol. The standard InChI is InChI=1S/C10H21Cl/c1-7(2)10(11,8(3)4)9(5)6/h7-9H,1-6H3. The Balaban J connectivity index is 4.53. The van der Waals surface area contributed by atoms with Gasteiger partial charge in [-0.25, -0.2) is 0 Å². The fraction of sp³-hybridized carbons (Fsp3) is 1.00. The maximum atomic E-state index is 6.54. The predicted molar refractivity (Wildman–Crippen MR) is 53.1 cm³/mol. The average molecular weight is 177 g/mol. The molecule has 0 aromatic heterocycles. The second kappa shape index (κ2) is 3.80. The lowest BCUT2D eigenvalue weighted by Crippen LogP contribution is -2.39. The van der Waals surface area contributed by atoms with E-state index >= 15 is 0 Å². The maximum absolute atomic E-state index is 6.54. The molecule has 0 rings (SSSR count). The third-order valence-electron chi connectivity index (χ3n) is 2.65. The average Bonchev–Trinajstić information content (AvgIpc) is 1.84. The molecule has 0 aliphatic rings. The van der Waals surface area contributed by atoms with Crippen LogP contribution in [0.25, 0.3) is 0 Å². The van der Waals surface area contributed by atoms with Crippen LogP contribution in [0.15, 0.2) is 0 Å². The van der Waals surface area contributed by atoms with E-state index in [1.165, 1.54) is 0 Å². The Bertz CT molecular complexity index is 92.3. The van der Waals surface area contributed by atoms with Gasteiger partial charge in [0, 0.05) is 0 Å². The fourth-order valence-electron chi connectivity index (χ4n) is 2.00. The zero-order chi connectivity index (χ0) is 9.23. The van der Waals surface area contributed by atoms with Crippen LogP contribution in [0.2, 0.25) is 0 Å². The number of hydrogen-bond acceptors (Lipinski definition) is 0. The highest BCUT2D eigenvalue weighted by molar-refractivity contribution is 6.24. The van der Waals surface area contributed by atoms with Crippen molar-refractivity contribution in [1.82, 2.24) is 0 Å². The van der Waals surface area contributed by atoms with E-state index in [0.29, 0.717) is 17.8 Å². The highest BCUT2D eigenvalue weighted by atomic mass is 35.5. The van der Waals surface area contributed by atoms with Gasteiger partial charge in [0.2, 0.25) is 0 Å². The molecule has 0 radical (unpaired) electrons. The first-order chi connectivity index (χ1) is 4.83. The van der Waals surface area contributed by atoms with Gasteiger partial charge in [-0.2, -0.15) is 0 Å². The Kier molecular flexibility index (Phi) is 3.90. The first-order valence-corrected chi connectivity index (χ1v) is 4.90. The predicted octanol–water partition coefficient (Wildman–Crippen LogP) is 3.93. The summed E-state index contributed by atoms with van der Waals surface area (Å²) in [6.45, 7) is 13.2. The molecule has 0 aromatic carbocycles. The summed E-state index contributed by atoms with van der Waals surface area (Å²) < 4.78 is 0. The van der Waals surface area contributed by atoms with Gasteiger partial charge in [0.05, 0.1) is 4.87 Å².